The fourth-order valence-electron chi connectivity index (χ4n) is 5.58. The van der Waals surface area contributed by atoms with Gasteiger partial charge in [-0.05, 0) is 79.2 Å². The molecule has 1 aliphatic heterocycles. The summed E-state index contributed by atoms with van der Waals surface area (Å²) in [6.07, 6.45) is 3.90. The molecule has 0 radical (unpaired) electrons. The van der Waals surface area contributed by atoms with Crippen LogP contribution in [-0.4, -0.2) is 31.3 Å². The highest BCUT2D eigenvalue weighted by Gasteiger charge is 2.47. The van der Waals surface area contributed by atoms with Gasteiger partial charge in [0.05, 0.1) is 6.04 Å². The monoisotopic (exact) mass is 531 g/mol. The quantitative estimate of drug-likeness (QED) is 0.361. The Morgan fingerprint density at radius 1 is 0.943 bits per heavy atom. The smallest absolute Gasteiger partial charge is 0.226 e. The molecule has 2 aliphatic rings. The lowest BCUT2D eigenvalue weighted by atomic mass is 9.75. The third kappa shape index (κ3) is 5.66. The number of likely N-dealkylation sites (tertiary alicyclic amines) is 1. The fourth-order valence-corrected chi connectivity index (χ4v) is 7.31. The molecule has 1 saturated heterocycles. The predicted molar refractivity (Wildman–Crippen MR) is 149 cm³/mol. The SMILES string of the molecule is CC1C[C@H](c2cccc(Cl)c2)[C@@H](c2ccc(Cl)cc2)N([C@H]2CC[C@H](O[Si](C)(C)C(C)(C)C)C2)C1=O. The van der Waals surface area contributed by atoms with Gasteiger partial charge in [-0.15, -0.1) is 0 Å². The van der Waals surface area contributed by atoms with E-state index in [0.29, 0.717) is 5.02 Å². The molecule has 0 spiro atoms. The Hall–Kier alpha value is -1.33. The molecule has 2 fully saturated rings. The Kier molecular flexibility index (Phi) is 7.79. The van der Waals surface area contributed by atoms with Crippen molar-refractivity contribution >= 4 is 37.4 Å². The maximum Gasteiger partial charge on any atom is 0.226 e. The van der Waals surface area contributed by atoms with Crippen LogP contribution in [0.25, 0.3) is 0 Å². The van der Waals surface area contributed by atoms with E-state index in [1.807, 2.05) is 24.3 Å². The maximum atomic E-state index is 13.8. The summed E-state index contributed by atoms with van der Waals surface area (Å²) in [7, 11) is -1.87. The third-order valence-corrected chi connectivity index (χ3v) is 13.5. The minimum absolute atomic E-state index is 0.0390. The summed E-state index contributed by atoms with van der Waals surface area (Å²) in [6, 6.07) is 16.3. The summed E-state index contributed by atoms with van der Waals surface area (Å²) in [5, 5.41) is 1.61. The lowest BCUT2D eigenvalue weighted by Crippen LogP contribution is -2.50. The maximum absolute atomic E-state index is 13.8. The number of hydrogen-bond donors (Lipinski definition) is 0. The molecular weight excluding hydrogens is 493 g/mol. The van der Waals surface area contributed by atoms with Gasteiger partial charge in [-0.25, -0.2) is 0 Å². The number of benzene rings is 2. The summed E-state index contributed by atoms with van der Waals surface area (Å²) >= 11 is 12.7. The summed E-state index contributed by atoms with van der Waals surface area (Å²) in [5.41, 5.74) is 2.32. The van der Waals surface area contributed by atoms with E-state index in [1.54, 1.807) is 0 Å². The molecule has 2 aromatic rings. The minimum Gasteiger partial charge on any atom is -0.414 e. The molecule has 1 heterocycles. The Labute approximate surface area is 222 Å². The number of carbonyl (C=O) groups is 1. The van der Waals surface area contributed by atoms with Crippen molar-refractivity contribution in [2.24, 2.45) is 5.92 Å². The van der Waals surface area contributed by atoms with E-state index in [2.05, 4.69) is 70.0 Å². The molecular formula is C29H39Cl2NO2Si. The van der Waals surface area contributed by atoms with Crippen LogP contribution in [0.3, 0.4) is 0 Å². The van der Waals surface area contributed by atoms with Crippen molar-refractivity contribution in [2.75, 3.05) is 0 Å². The standard InChI is InChI=1S/C29H39Cl2NO2Si/c1-19-16-26(21-8-7-9-23(31)17-21)27(20-10-12-22(30)13-11-20)32(28(19)33)24-14-15-25(18-24)34-35(5,6)29(2,3)4/h7-13,17,19,24-27H,14-16,18H2,1-6H3/t19?,24-,25-,26+,27+/m0/s1. The van der Waals surface area contributed by atoms with E-state index in [4.69, 9.17) is 27.6 Å². The molecule has 2 aromatic carbocycles. The van der Waals surface area contributed by atoms with E-state index in [-0.39, 0.29) is 41.0 Å². The molecule has 1 amide bonds. The average molecular weight is 533 g/mol. The number of carbonyl (C=O) groups excluding carboxylic acids is 1. The third-order valence-electron chi connectivity index (χ3n) is 8.47. The Balaban J connectivity index is 1.69. The van der Waals surface area contributed by atoms with Gasteiger partial charge in [-0.2, -0.15) is 0 Å². The lowest BCUT2D eigenvalue weighted by Gasteiger charge is -2.47. The van der Waals surface area contributed by atoms with Crippen LogP contribution >= 0.6 is 23.2 Å². The molecule has 35 heavy (non-hydrogen) atoms. The van der Waals surface area contributed by atoms with Crippen molar-refractivity contribution in [3.8, 4) is 0 Å². The highest BCUT2D eigenvalue weighted by Crippen LogP contribution is 2.49. The first kappa shape index (κ1) is 26.7. The summed E-state index contributed by atoms with van der Waals surface area (Å²) < 4.78 is 6.80. The lowest BCUT2D eigenvalue weighted by molar-refractivity contribution is -0.146. The van der Waals surface area contributed by atoms with Crippen molar-refractivity contribution in [1.29, 1.82) is 0 Å². The molecule has 6 heteroatoms. The van der Waals surface area contributed by atoms with Crippen LogP contribution < -0.4 is 0 Å². The molecule has 5 atom stereocenters. The van der Waals surface area contributed by atoms with Crippen LogP contribution in [0.2, 0.25) is 28.2 Å². The van der Waals surface area contributed by atoms with Crippen molar-refractivity contribution in [3.63, 3.8) is 0 Å². The first-order chi connectivity index (χ1) is 16.4. The molecule has 4 rings (SSSR count). The van der Waals surface area contributed by atoms with Gasteiger partial charge in [0.1, 0.15) is 0 Å². The van der Waals surface area contributed by atoms with Crippen LogP contribution in [0.5, 0.6) is 0 Å². The van der Waals surface area contributed by atoms with Crippen LogP contribution in [0.1, 0.15) is 76.5 Å². The summed E-state index contributed by atoms with van der Waals surface area (Å²) in [4.78, 5) is 16.0. The van der Waals surface area contributed by atoms with Gasteiger partial charge in [-0.1, -0.05) is 75.2 Å². The van der Waals surface area contributed by atoms with Gasteiger partial charge in [-0.3, -0.25) is 4.79 Å². The predicted octanol–water partition coefficient (Wildman–Crippen LogP) is 8.63. The molecule has 1 aliphatic carbocycles. The van der Waals surface area contributed by atoms with E-state index in [9.17, 15) is 4.79 Å². The number of amides is 1. The second kappa shape index (κ2) is 10.2. The number of hydrogen-bond acceptors (Lipinski definition) is 2. The fraction of sp³-hybridized carbons (Fsp3) is 0.552. The highest BCUT2D eigenvalue weighted by molar-refractivity contribution is 6.74. The van der Waals surface area contributed by atoms with Gasteiger partial charge in [0.25, 0.3) is 0 Å². The average Bonchev–Trinajstić information content (AvgIpc) is 3.22. The Morgan fingerprint density at radius 2 is 1.63 bits per heavy atom. The highest BCUT2D eigenvalue weighted by atomic mass is 35.5. The first-order valence-electron chi connectivity index (χ1n) is 12.9. The van der Waals surface area contributed by atoms with Gasteiger partial charge >= 0.3 is 0 Å². The van der Waals surface area contributed by atoms with E-state index >= 15 is 0 Å². The van der Waals surface area contributed by atoms with E-state index in [1.165, 1.54) is 5.56 Å². The topological polar surface area (TPSA) is 29.5 Å². The Bertz CT molecular complexity index is 1050. The molecule has 1 saturated carbocycles. The van der Waals surface area contributed by atoms with Crippen LogP contribution in [-0.2, 0) is 9.22 Å². The zero-order valence-corrected chi connectivity index (χ0v) is 24.4. The molecule has 190 valence electrons. The van der Waals surface area contributed by atoms with Crippen molar-refractivity contribution in [1.82, 2.24) is 4.90 Å². The van der Waals surface area contributed by atoms with Gasteiger partial charge < -0.3 is 9.33 Å². The van der Waals surface area contributed by atoms with Crippen molar-refractivity contribution in [2.45, 2.75) is 95.6 Å². The molecule has 0 bridgehead atoms. The summed E-state index contributed by atoms with van der Waals surface area (Å²) in [5.74, 6) is 0.382. The zero-order valence-electron chi connectivity index (χ0n) is 21.9. The normalized spacial score (nSPS) is 27.9. The molecule has 1 unspecified atom stereocenters. The number of rotatable bonds is 5. The van der Waals surface area contributed by atoms with Crippen LogP contribution in [0, 0.1) is 5.92 Å². The van der Waals surface area contributed by atoms with E-state index < -0.39 is 8.32 Å². The second-order valence-corrected chi connectivity index (χ2v) is 17.6. The minimum atomic E-state index is -1.87. The zero-order chi connectivity index (χ0) is 25.5. The molecule has 3 nitrogen and oxygen atoms in total. The Morgan fingerprint density at radius 3 is 2.26 bits per heavy atom. The number of piperidine rings is 1. The second-order valence-electron chi connectivity index (χ2n) is 12.0. The van der Waals surface area contributed by atoms with Crippen LogP contribution in [0.15, 0.2) is 48.5 Å². The number of halogens is 2. The molecule has 0 N–H and O–H groups in total. The van der Waals surface area contributed by atoms with Gasteiger partial charge in [0, 0.05) is 34.0 Å². The van der Waals surface area contributed by atoms with Crippen LogP contribution in [0.4, 0.5) is 0 Å². The van der Waals surface area contributed by atoms with Crippen molar-refractivity contribution in [3.05, 3.63) is 69.7 Å². The van der Waals surface area contributed by atoms with Crippen molar-refractivity contribution < 1.29 is 9.22 Å². The van der Waals surface area contributed by atoms with E-state index in [0.717, 1.165) is 36.3 Å². The van der Waals surface area contributed by atoms with Gasteiger partial charge in [0.2, 0.25) is 5.91 Å². The first-order valence-corrected chi connectivity index (χ1v) is 16.5. The summed E-state index contributed by atoms with van der Waals surface area (Å²) in [6.45, 7) is 13.6. The number of nitrogens with zero attached hydrogens (tertiary/aromatic N) is 1. The molecule has 0 aromatic heterocycles. The van der Waals surface area contributed by atoms with Gasteiger partial charge in [0.15, 0.2) is 8.32 Å². The largest absolute Gasteiger partial charge is 0.414 e.